The van der Waals surface area contributed by atoms with E-state index in [1.807, 2.05) is 18.2 Å². The molecule has 50 valence electrons. The van der Waals surface area contributed by atoms with Crippen LogP contribution in [0.1, 0.15) is 5.56 Å². The average molecular weight is 148 g/mol. The molecule has 0 saturated carbocycles. The molecule has 0 amide bonds. The largest absolute Gasteiger partial charge is 0.400 e. The summed E-state index contributed by atoms with van der Waals surface area (Å²) in [7, 11) is 0. The molecule has 0 unspecified atom stereocenters. The molecule has 2 nitrogen and oxygen atoms in total. The third kappa shape index (κ3) is 1.51. The SMILES string of the molecule is NCc1cc[c]([Al])c(N)c1. The van der Waals surface area contributed by atoms with E-state index >= 15 is 0 Å². The summed E-state index contributed by atoms with van der Waals surface area (Å²) in [4.78, 5) is 0. The first-order chi connectivity index (χ1) is 4.74. The molecule has 0 saturated heterocycles. The maximum Gasteiger partial charge on any atom is 0.179 e. The number of nitrogens with two attached hydrogens (primary N) is 2. The molecule has 0 atom stereocenters. The molecular weight excluding hydrogens is 139 g/mol. The van der Waals surface area contributed by atoms with Gasteiger partial charge in [-0.15, -0.1) is 4.43 Å². The molecule has 0 spiro atoms. The molecule has 1 aromatic rings. The van der Waals surface area contributed by atoms with E-state index in [1.165, 1.54) is 0 Å². The Morgan fingerprint density at radius 3 is 2.60 bits per heavy atom. The second-order valence-corrected chi connectivity index (χ2v) is 2.79. The third-order valence-corrected chi connectivity index (χ3v) is 1.91. The zero-order valence-corrected chi connectivity index (χ0v) is 6.83. The molecule has 4 N–H and O–H groups in total. The maximum absolute atomic E-state index is 5.62. The number of anilines is 1. The standard InChI is InChI=1S/C7H9N2.Al/c8-5-6-2-1-3-7(9)4-6;/h1-2,4H,5,8-9H2;. The lowest BCUT2D eigenvalue weighted by molar-refractivity contribution is 1.07. The molecule has 2 radical (unpaired) electrons. The quantitative estimate of drug-likeness (QED) is 0.417. The third-order valence-electron chi connectivity index (χ3n) is 1.39. The Morgan fingerprint density at radius 1 is 1.40 bits per heavy atom. The van der Waals surface area contributed by atoms with Crippen LogP contribution in [0.3, 0.4) is 0 Å². The van der Waals surface area contributed by atoms with Gasteiger partial charge >= 0.3 is 0 Å². The molecular formula is C7H9AlN2. The van der Waals surface area contributed by atoms with E-state index in [0.717, 1.165) is 15.7 Å². The van der Waals surface area contributed by atoms with Gasteiger partial charge < -0.3 is 11.5 Å². The Balaban J connectivity index is 3.04. The van der Waals surface area contributed by atoms with Gasteiger partial charge in [0.25, 0.3) is 0 Å². The van der Waals surface area contributed by atoms with Crippen molar-refractivity contribution in [3.8, 4) is 0 Å². The summed E-state index contributed by atoms with van der Waals surface area (Å²) in [5.41, 5.74) is 12.9. The zero-order valence-electron chi connectivity index (χ0n) is 5.67. The first kappa shape index (κ1) is 7.62. The Bertz CT molecular complexity index is 235. The number of rotatable bonds is 1. The molecule has 0 aromatic heterocycles. The second kappa shape index (κ2) is 3.07. The summed E-state index contributed by atoms with van der Waals surface area (Å²) in [6.07, 6.45) is 0. The van der Waals surface area contributed by atoms with Crippen LogP contribution in [0.15, 0.2) is 18.2 Å². The summed E-state index contributed by atoms with van der Waals surface area (Å²) >= 11 is 2.56. The van der Waals surface area contributed by atoms with Crippen molar-refractivity contribution in [1.29, 1.82) is 0 Å². The lowest BCUT2D eigenvalue weighted by Crippen LogP contribution is -2.10. The van der Waals surface area contributed by atoms with E-state index in [1.54, 1.807) is 0 Å². The van der Waals surface area contributed by atoms with Crippen LogP contribution in [0.2, 0.25) is 0 Å². The summed E-state index contributed by atoms with van der Waals surface area (Å²) in [5.74, 6) is 0. The smallest absolute Gasteiger partial charge is 0.179 e. The van der Waals surface area contributed by atoms with Gasteiger partial charge in [0.2, 0.25) is 0 Å². The van der Waals surface area contributed by atoms with Crippen molar-refractivity contribution in [2.45, 2.75) is 6.54 Å². The monoisotopic (exact) mass is 148 g/mol. The zero-order chi connectivity index (χ0) is 7.56. The van der Waals surface area contributed by atoms with E-state index in [9.17, 15) is 0 Å². The summed E-state index contributed by atoms with van der Waals surface area (Å²) in [5, 5.41) is 0. The molecule has 0 fully saturated rings. The first-order valence-corrected chi connectivity index (χ1v) is 3.65. The van der Waals surface area contributed by atoms with Crippen molar-refractivity contribution in [2.24, 2.45) is 5.73 Å². The highest BCUT2D eigenvalue weighted by Gasteiger charge is 1.91. The summed E-state index contributed by atoms with van der Waals surface area (Å²) in [6.45, 7) is 0.551. The minimum absolute atomic E-state index is 0.551. The van der Waals surface area contributed by atoms with E-state index in [4.69, 9.17) is 11.5 Å². The minimum atomic E-state index is 0.551. The summed E-state index contributed by atoms with van der Waals surface area (Å²) < 4.78 is 1.03. The van der Waals surface area contributed by atoms with Crippen LogP contribution < -0.4 is 15.9 Å². The minimum Gasteiger partial charge on any atom is -0.400 e. The van der Waals surface area contributed by atoms with Crippen LogP contribution in [-0.4, -0.2) is 16.3 Å². The van der Waals surface area contributed by atoms with Crippen molar-refractivity contribution in [1.82, 2.24) is 0 Å². The van der Waals surface area contributed by atoms with Crippen LogP contribution in [0, 0.1) is 0 Å². The highest BCUT2D eigenvalue weighted by molar-refractivity contribution is 6.35. The van der Waals surface area contributed by atoms with Crippen molar-refractivity contribution >= 4 is 26.4 Å². The highest BCUT2D eigenvalue weighted by atomic mass is 27.0. The van der Waals surface area contributed by atoms with Gasteiger partial charge in [-0.05, 0) is 11.6 Å². The number of hydrogen-bond donors (Lipinski definition) is 2. The second-order valence-electron chi connectivity index (χ2n) is 2.17. The van der Waals surface area contributed by atoms with Crippen LogP contribution in [0.5, 0.6) is 0 Å². The topological polar surface area (TPSA) is 52.0 Å². The van der Waals surface area contributed by atoms with Crippen LogP contribution >= 0.6 is 0 Å². The van der Waals surface area contributed by atoms with Gasteiger partial charge in [0.05, 0.1) is 0 Å². The molecule has 0 aliphatic heterocycles. The molecule has 3 heteroatoms. The number of benzene rings is 1. The van der Waals surface area contributed by atoms with Gasteiger partial charge in [-0.1, -0.05) is 12.1 Å². The van der Waals surface area contributed by atoms with Gasteiger partial charge in [-0.3, -0.25) is 0 Å². The Labute approximate surface area is 68.6 Å². The molecule has 0 heterocycles. The predicted octanol–water partition coefficient (Wildman–Crippen LogP) is -0.479. The fourth-order valence-corrected chi connectivity index (χ4v) is 0.931. The molecule has 1 rings (SSSR count). The van der Waals surface area contributed by atoms with E-state index < -0.39 is 0 Å². The van der Waals surface area contributed by atoms with Crippen molar-refractivity contribution in [2.75, 3.05) is 5.73 Å². The van der Waals surface area contributed by atoms with Crippen molar-refractivity contribution in [3.05, 3.63) is 23.8 Å². The van der Waals surface area contributed by atoms with Crippen LogP contribution in [-0.2, 0) is 6.54 Å². The Morgan fingerprint density at radius 2 is 2.10 bits per heavy atom. The van der Waals surface area contributed by atoms with Gasteiger partial charge in [0.1, 0.15) is 0 Å². The van der Waals surface area contributed by atoms with Crippen molar-refractivity contribution in [3.63, 3.8) is 0 Å². The summed E-state index contributed by atoms with van der Waals surface area (Å²) in [6, 6.07) is 5.81. The first-order valence-electron chi connectivity index (χ1n) is 3.08. The normalized spacial score (nSPS) is 9.70. The highest BCUT2D eigenvalue weighted by Crippen LogP contribution is 2.01. The van der Waals surface area contributed by atoms with Crippen LogP contribution in [0.4, 0.5) is 5.69 Å². The fraction of sp³-hybridized carbons (Fsp3) is 0.143. The van der Waals surface area contributed by atoms with E-state index in [2.05, 4.69) is 16.3 Å². The molecule has 0 bridgehead atoms. The lowest BCUT2D eigenvalue weighted by atomic mass is 10.2. The van der Waals surface area contributed by atoms with Gasteiger partial charge in [0, 0.05) is 12.2 Å². The molecule has 0 aliphatic rings. The average Bonchev–Trinajstić information content (AvgIpc) is 1.95. The van der Waals surface area contributed by atoms with Gasteiger partial charge in [-0.25, -0.2) is 0 Å². The van der Waals surface area contributed by atoms with E-state index in [-0.39, 0.29) is 0 Å². The number of hydrogen-bond acceptors (Lipinski definition) is 2. The van der Waals surface area contributed by atoms with Gasteiger partial charge in [-0.2, -0.15) is 0 Å². The fourth-order valence-electron chi connectivity index (χ4n) is 0.751. The van der Waals surface area contributed by atoms with Crippen molar-refractivity contribution < 1.29 is 0 Å². The lowest BCUT2D eigenvalue weighted by Gasteiger charge is -2.02. The maximum atomic E-state index is 5.62. The molecule has 1 aromatic carbocycles. The van der Waals surface area contributed by atoms with E-state index in [0.29, 0.717) is 6.54 Å². The molecule has 0 aliphatic carbocycles. The van der Waals surface area contributed by atoms with Crippen LogP contribution in [0.25, 0.3) is 0 Å². The van der Waals surface area contributed by atoms with Gasteiger partial charge in [0.15, 0.2) is 16.3 Å². The Kier molecular flexibility index (Phi) is 2.34. The number of nitrogen functional groups attached to an aromatic ring is 1. The Hall–Kier alpha value is -0.488. The predicted molar refractivity (Wildman–Crippen MR) is 44.1 cm³/mol. The molecule has 10 heavy (non-hydrogen) atoms.